The van der Waals surface area contributed by atoms with Gasteiger partial charge in [0.1, 0.15) is 17.1 Å². The van der Waals surface area contributed by atoms with Gasteiger partial charge in [0, 0.05) is 49.5 Å². The number of nitrogens with zero attached hydrogens (tertiary/aromatic N) is 3. The predicted octanol–water partition coefficient (Wildman–Crippen LogP) is 7.26. The number of hydrogen-bond acceptors (Lipinski definition) is 4. The van der Waals surface area contributed by atoms with E-state index in [0.717, 1.165) is 49.8 Å². The van der Waals surface area contributed by atoms with Crippen molar-refractivity contribution in [3.63, 3.8) is 0 Å². The zero-order valence-corrected chi connectivity index (χ0v) is 22.6. The molecule has 0 aliphatic rings. The fourth-order valence-electron chi connectivity index (χ4n) is 4.76. The van der Waals surface area contributed by atoms with Crippen LogP contribution >= 0.6 is 0 Å². The Morgan fingerprint density at radius 1 is 0.778 bits per heavy atom. The molecule has 3 aromatic heterocycles. The molecule has 0 radical (unpaired) electrons. The Labute approximate surface area is 223 Å². The fraction of sp³-hybridized carbons (Fsp3) is 0.133. The number of rotatable bonds is 3. The zero-order valence-electron chi connectivity index (χ0n) is 20.4. The summed E-state index contributed by atoms with van der Waals surface area (Å²) >= 11 is 0. The van der Waals surface area contributed by atoms with Gasteiger partial charge in [-0.05, 0) is 80.1 Å². The van der Waals surface area contributed by atoms with Crippen molar-refractivity contribution in [2.45, 2.75) is 27.7 Å². The van der Waals surface area contributed by atoms with E-state index < -0.39 is 0 Å². The number of phenols is 1. The van der Waals surface area contributed by atoms with Gasteiger partial charge in [0.15, 0.2) is 0 Å². The first kappa shape index (κ1) is 24.0. The van der Waals surface area contributed by atoms with E-state index >= 15 is 0 Å². The molecule has 0 amide bonds. The predicted molar refractivity (Wildman–Crippen MR) is 140 cm³/mol. The van der Waals surface area contributed by atoms with Crippen LogP contribution in [0.25, 0.3) is 38.5 Å². The summed E-state index contributed by atoms with van der Waals surface area (Å²) in [7, 11) is 0. The second-order valence-corrected chi connectivity index (χ2v) is 9.13. The zero-order chi connectivity index (χ0) is 24.3. The van der Waals surface area contributed by atoms with Crippen LogP contribution in [0, 0.1) is 33.8 Å². The Bertz CT molecular complexity index is 1770. The van der Waals surface area contributed by atoms with Crippen LogP contribution in [0.1, 0.15) is 22.4 Å². The minimum absolute atomic E-state index is 0. The van der Waals surface area contributed by atoms with E-state index in [1.54, 1.807) is 6.07 Å². The number of ether oxygens (including phenoxy) is 1. The average Bonchev–Trinajstić information content (AvgIpc) is 3.13. The second-order valence-electron chi connectivity index (χ2n) is 9.13. The molecule has 0 aliphatic carbocycles. The molecule has 0 atom stereocenters. The topological polar surface area (TPSA) is 60.2 Å². The first-order chi connectivity index (χ1) is 16.9. The largest absolute Gasteiger partial charge is 0.506 e. The minimum atomic E-state index is 0. The Morgan fingerprint density at radius 2 is 1.56 bits per heavy atom. The monoisotopic (exact) mass is 653 g/mol. The molecule has 6 aromatic rings. The van der Waals surface area contributed by atoms with Crippen molar-refractivity contribution in [3.8, 4) is 23.2 Å². The van der Waals surface area contributed by atoms with E-state index in [2.05, 4.69) is 65.9 Å². The molecule has 3 aromatic carbocycles. The van der Waals surface area contributed by atoms with E-state index in [1.165, 1.54) is 5.56 Å². The molecule has 0 bridgehead atoms. The summed E-state index contributed by atoms with van der Waals surface area (Å²) in [6.45, 7) is 8.18. The number of benzene rings is 3. The normalized spacial score (nSPS) is 11.2. The third-order valence-electron chi connectivity index (χ3n) is 6.36. The van der Waals surface area contributed by atoms with Crippen LogP contribution in [-0.2, 0) is 21.1 Å². The number of aromatic nitrogens is 3. The molecule has 0 fully saturated rings. The third-order valence-corrected chi connectivity index (χ3v) is 6.36. The van der Waals surface area contributed by atoms with Gasteiger partial charge in [-0.2, -0.15) is 6.07 Å². The van der Waals surface area contributed by atoms with E-state index in [9.17, 15) is 5.11 Å². The molecular formula is C30H24N3O2Pt-. The van der Waals surface area contributed by atoms with Gasteiger partial charge in [-0.15, -0.1) is 17.5 Å². The van der Waals surface area contributed by atoms with Crippen LogP contribution < -0.4 is 4.74 Å². The van der Waals surface area contributed by atoms with Crippen molar-refractivity contribution >= 4 is 32.7 Å². The third kappa shape index (κ3) is 4.04. The molecule has 5 nitrogen and oxygen atoms in total. The average molecular weight is 654 g/mol. The number of pyridine rings is 2. The van der Waals surface area contributed by atoms with Gasteiger partial charge in [-0.25, -0.2) is 9.97 Å². The van der Waals surface area contributed by atoms with Crippen LogP contribution in [0.4, 0.5) is 0 Å². The molecule has 6 heteroatoms. The molecule has 0 aliphatic heterocycles. The molecule has 0 spiro atoms. The Kier molecular flexibility index (Phi) is 6.05. The molecule has 36 heavy (non-hydrogen) atoms. The van der Waals surface area contributed by atoms with Crippen molar-refractivity contribution in [1.29, 1.82) is 0 Å². The van der Waals surface area contributed by atoms with Gasteiger partial charge >= 0.3 is 0 Å². The molecular weight excluding hydrogens is 629 g/mol. The maximum absolute atomic E-state index is 10.3. The van der Waals surface area contributed by atoms with Crippen molar-refractivity contribution in [2.75, 3.05) is 0 Å². The van der Waals surface area contributed by atoms with Gasteiger partial charge in [0.2, 0.25) is 5.88 Å². The van der Waals surface area contributed by atoms with E-state index in [1.807, 2.05) is 38.1 Å². The maximum Gasteiger partial charge on any atom is 0.217 e. The van der Waals surface area contributed by atoms with Crippen molar-refractivity contribution < 1.29 is 30.9 Å². The fourth-order valence-corrected chi connectivity index (χ4v) is 4.76. The number of hydrogen-bond donors (Lipinski definition) is 1. The quantitative estimate of drug-likeness (QED) is 0.205. The van der Waals surface area contributed by atoms with Crippen molar-refractivity contribution in [1.82, 2.24) is 14.5 Å². The first-order valence-corrected chi connectivity index (χ1v) is 11.6. The van der Waals surface area contributed by atoms with E-state index in [0.29, 0.717) is 17.1 Å². The summed E-state index contributed by atoms with van der Waals surface area (Å²) in [5.74, 6) is 1.93. The summed E-state index contributed by atoms with van der Waals surface area (Å²) < 4.78 is 8.28. The second kappa shape index (κ2) is 9.07. The summed E-state index contributed by atoms with van der Waals surface area (Å²) in [6, 6.07) is 25.3. The van der Waals surface area contributed by atoms with Crippen LogP contribution in [-0.4, -0.2) is 19.6 Å². The SMILES string of the molecule is Cc1cc(C)nc(-n2c3[c-]c(Oc4ccc5c(C)ccc(O)c5n4)ccc3c3ccc(C)cc32)c1.[Pt]. The molecule has 3 heterocycles. The smallest absolute Gasteiger partial charge is 0.217 e. The molecule has 1 N–H and O–H groups in total. The Morgan fingerprint density at radius 3 is 2.36 bits per heavy atom. The van der Waals surface area contributed by atoms with Gasteiger partial charge in [0.25, 0.3) is 0 Å². The maximum atomic E-state index is 10.3. The number of fused-ring (bicyclic) bond motifs is 4. The first-order valence-electron chi connectivity index (χ1n) is 11.6. The molecule has 6 rings (SSSR count). The summed E-state index contributed by atoms with van der Waals surface area (Å²) in [5, 5.41) is 13.4. The molecule has 0 saturated carbocycles. The van der Waals surface area contributed by atoms with Gasteiger partial charge in [-0.1, -0.05) is 23.7 Å². The summed E-state index contributed by atoms with van der Waals surface area (Å²) in [6.07, 6.45) is 0. The molecule has 0 saturated heterocycles. The number of aromatic hydroxyl groups is 1. The van der Waals surface area contributed by atoms with E-state index in [4.69, 9.17) is 9.72 Å². The summed E-state index contributed by atoms with van der Waals surface area (Å²) in [5.41, 5.74) is 6.83. The molecule has 182 valence electrons. The Hall–Kier alpha value is -3.69. The van der Waals surface area contributed by atoms with Gasteiger partial charge in [-0.3, -0.25) is 0 Å². The van der Waals surface area contributed by atoms with E-state index in [-0.39, 0.29) is 26.8 Å². The van der Waals surface area contributed by atoms with Crippen LogP contribution in [0.2, 0.25) is 0 Å². The van der Waals surface area contributed by atoms with Crippen LogP contribution in [0.3, 0.4) is 0 Å². The van der Waals surface area contributed by atoms with Crippen molar-refractivity contribution in [3.05, 3.63) is 95.2 Å². The Balaban J connectivity index is 0.00000267. The number of phenolic OH excluding ortho intramolecular Hbond substituents is 1. The van der Waals surface area contributed by atoms with Crippen LogP contribution in [0.15, 0.2) is 66.7 Å². The van der Waals surface area contributed by atoms with Crippen LogP contribution in [0.5, 0.6) is 17.4 Å². The minimum Gasteiger partial charge on any atom is -0.506 e. The molecule has 0 unspecified atom stereocenters. The van der Waals surface area contributed by atoms with Crippen molar-refractivity contribution in [2.24, 2.45) is 0 Å². The van der Waals surface area contributed by atoms with Gasteiger partial charge in [0.05, 0.1) is 0 Å². The van der Waals surface area contributed by atoms with Gasteiger partial charge < -0.3 is 14.4 Å². The summed E-state index contributed by atoms with van der Waals surface area (Å²) in [4.78, 5) is 9.39. The standard InChI is InChI=1S/C30H24N3O2.Pt/c1-17-5-8-23-24-9-7-21(35-29-12-10-22-19(3)6-11-27(34)30(22)32-29)16-26(24)33(25(23)14-17)28-15-18(2)13-20(4)31-28;/h5-15,34H,1-4H3;/q-1;. The number of aryl methyl sites for hydroxylation is 4.